The SMILES string of the molecule is C[C@@H](CC(=O)N(CC(=O)O)Cc1ccccc1)SSCCC(=O)O[C@H]1CC[C@@]2(C)C(=CC[C@@H]3[C@@H]2CC[C@]2(C)C(c4cccnc4)=CC[C@@H]32)C1. The first-order valence-electron chi connectivity index (χ1n) is 17.9. The van der Waals surface area contributed by atoms with E-state index in [2.05, 4.69) is 43.1 Å². The average Bonchev–Trinajstić information content (AvgIpc) is 3.44. The molecule has 1 heterocycles. The minimum atomic E-state index is -1.03. The first-order chi connectivity index (χ1) is 23.6. The second-order valence-corrected chi connectivity index (χ2v) is 17.9. The number of carboxylic acid groups (broad SMARTS) is 1. The largest absolute Gasteiger partial charge is 0.480 e. The fourth-order valence-corrected chi connectivity index (χ4v) is 11.6. The maximum atomic E-state index is 12.9. The Hall–Kier alpha value is -3.04. The molecule has 7 nitrogen and oxygen atoms in total. The van der Waals surface area contributed by atoms with Gasteiger partial charge in [0.1, 0.15) is 12.6 Å². The van der Waals surface area contributed by atoms with Gasteiger partial charge >= 0.3 is 11.9 Å². The van der Waals surface area contributed by atoms with Gasteiger partial charge in [-0.15, -0.1) is 0 Å². The molecule has 0 spiro atoms. The minimum absolute atomic E-state index is 0.0155. The van der Waals surface area contributed by atoms with E-state index in [0.29, 0.717) is 29.9 Å². The van der Waals surface area contributed by atoms with Crippen LogP contribution in [0.3, 0.4) is 0 Å². The van der Waals surface area contributed by atoms with Crippen LogP contribution in [-0.4, -0.2) is 56.5 Å². The summed E-state index contributed by atoms with van der Waals surface area (Å²) >= 11 is 0. The number of allylic oxidation sites excluding steroid dienone is 3. The third-order valence-electron chi connectivity index (χ3n) is 11.9. The molecule has 2 aromatic rings. The molecule has 2 saturated carbocycles. The number of benzene rings is 1. The molecule has 0 unspecified atom stereocenters. The smallest absolute Gasteiger partial charge is 0.323 e. The van der Waals surface area contributed by atoms with Crippen molar-refractivity contribution in [3.05, 3.63) is 83.7 Å². The highest BCUT2D eigenvalue weighted by Gasteiger charge is 2.57. The Balaban J connectivity index is 0.944. The lowest BCUT2D eigenvalue weighted by Gasteiger charge is -2.57. The topological polar surface area (TPSA) is 96.8 Å². The van der Waals surface area contributed by atoms with Crippen LogP contribution in [-0.2, 0) is 25.7 Å². The Morgan fingerprint density at radius 2 is 1.82 bits per heavy atom. The summed E-state index contributed by atoms with van der Waals surface area (Å²) in [6, 6.07) is 13.7. The lowest BCUT2D eigenvalue weighted by Crippen LogP contribution is -2.50. The van der Waals surface area contributed by atoms with Crippen LogP contribution in [0, 0.1) is 28.6 Å². The quantitative estimate of drug-likeness (QED) is 0.0960. The van der Waals surface area contributed by atoms with Crippen LogP contribution in [0.25, 0.3) is 5.57 Å². The monoisotopic (exact) mass is 702 g/mol. The zero-order valence-electron chi connectivity index (χ0n) is 29.0. The number of hydrogen-bond acceptors (Lipinski definition) is 7. The normalized spacial score (nSPS) is 29.4. The van der Waals surface area contributed by atoms with Crippen LogP contribution in [0.2, 0.25) is 0 Å². The maximum Gasteiger partial charge on any atom is 0.323 e. The van der Waals surface area contributed by atoms with E-state index in [-0.39, 0.29) is 53.6 Å². The van der Waals surface area contributed by atoms with E-state index in [1.54, 1.807) is 21.6 Å². The number of carboxylic acids is 1. The van der Waals surface area contributed by atoms with Gasteiger partial charge in [0.05, 0.1) is 6.42 Å². The summed E-state index contributed by atoms with van der Waals surface area (Å²) < 4.78 is 6.03. The molecule has 0 bridgehead atoms. The first-order valence-corrected chi connectivity index (χ1v) is 20.3. The lowest BCUT2D eigenvalue weighted by atomic mass is 9.47. The van der Waals surface area contributed by atoms with Crippen LogP contribution in [0.4, 0.5) is 0 Å². The van der Waals surface area contributed by atoms with E-state index in [1.165, 1.54) is 34.5 Å². The van der Waals surface area contributed by atoms with Gasteiger partial charge in [-0.3, -0.25) is 19.4 Å². The fourth-order valence-electron chi connectivity index (χ4n) is 9.41. The van der Waals surface area contributed by atoms with Crippen molar-refractivity contribution in [2.75, 3.05) is 12.3 Å². The third kappa shape index (κ3) is 7.98. The number of amides is 1. The zero-order chi connectivity index (χ0) is 34.6. The van der Waals surface area contributed by atoms with Gasteiger partial charge in [0.15, 0.2) is 0 Å². The third-order valence-corrected chi connectivity index (χ3v) is 14.8. The molecule has 6 rings (SSSR count). The highest BCUT2D eigenvalue weighted by molar-refractivity contribution is 8.76. The first kappa shape index (κ1) is 35.8. The molecule has 1 amide bonds. The molecule has 0 radical (unpaired) electrons. The van der Waals surface area contributed by atoms with Gasteiger partial charge in [-0.25, -0.2) is 0 Å². The van der Waals surface area contributed by atoms with Crippen molar-refractivity contribution in [1.82, 2.24) is 9.88 Å². The highest BCUT2D eigenvalue weighted by Crippen LogP contribution is 2.66. The van der Waals surface area contributed by atoms with Crippen molar-refractivity contribution in [3.63, 3.8) is 0 Å². The van der Waals surface area contributed by atoms with Gasteiger partial charge in [0, 0.05) is 42.8 Å². The van der Waals surface area contributed by atoms with Gasteiger partial charge in [0.25, 0.3) is 0 Å². The van der Waals surface area contributed by atoms with Crippen molar-refractivity contribution in [2.45, 2.75) is 96.5 Å². The van der Waals surface area contributed by atoms with Crippen LogP contribution < -0.4 is 0 Å². The molecule has 2 fully saturated rings. The van der Waals surface area contributed by atoms with Crippen LogP contribution >= 0.6 is 21.6 Å². The van der Waals surface area contributed by atoms with E-state index >= 15 is 0 Å². The predicted octanol–water partition coefficient (Wildman–Crippen LogP) is 8.61. The van der Waals surface area contributed by atoms with E-state index in [0.717, 1.165) is 37.7 Å². The fraction of sp³-hybridized carbons (Fsp3) is 0.550. The van der Waals surface area contributed by atoms with E-state index in [4.69, 9.17) is 4.74 Å². The Labute approximate surface area is 299 Å². The number of pyridine rings is 1. The summed E-state index contributed by atoms with van der Waals surface area (Å²) in [7, 11) is 3.13. The molecule has 7 atom stereocenters. The molecule has 4 aliphatic carbocycles. The van der Waals surface area contributed by atoms with Crippen LogP contribution in [0.15, 0.2) is 72.6 Å². The molecule has 1 aromatic heterocycles. The molecule has 0 aliphatic heterocycles. The van der Waals surface area contributed by atoms with Gasteiger partial charge in [-0.2, -0.15) is 0 Å². The van der Waals surface area contributed by atoms with Crippen LogP contribution in [0.5, 0.6) is 0 Å². The number of esters is 1. The summed E-state index contributed by atoms with van der Waals surface area (Å²) in [5.74, 6) is 1.29. The van der Waals surface area contributed by atoms with E-state index in [9.17, 15) is 19.5 Å². The average molecular weight is 703 g/mol. The van der Waals surface area contributed by atoms with Crippen molar-refractivity contribution in [2.24, 2.45) is 28.6 Å². The molecule has 1 N–H and O–H groups in total. The molecule has 4 aliphatic rings. The van der Waals surface area contributed by atoms with Crippen molar-refractivity contribution in [1.29, 1.82) is 0 Å². The zero-order valence-corrected chi connectivity index (χ0v) is 30.6. The van der Waals surface area contributed by atoms with Gasteiger partial charge in [-0.1, -0.05) is 96.5 Å². The number of ether oxygens (including phenoxy) is 1. The van der Waals surface area contributed by atoms with Crippen molar-refractivity contribution in [3.8, 4) is 0 Å². The molecular formula is C40H50N2O5S2. The molecule has 1 aromatic carbocycles. The standard InChI is InChI=1S/C40H50N2O5S2/c1-27(22-36(43)42(26-37(44)45)25-28-8-5-4-6-9-28)49-48-21-17-38(46)47-31-15-18-39(2)30(23-31)11-12-32-34-14-13-33(29-10-7-20-41-24-29)40(34,3)19-16-35(32)39/h4-11,13,20,24,27,31-32,34-35H,12,14-19,21-23,25-26H2,1-3H3,(H,44,45)/t27-,31-,32-,34-,35-,39-,40+/m0/s1. The number of nitrogens with zero attached hydrogens (tertiary/aromatic N) is 2. The number of carbonyl (C=O) groups is 3. The Morgan fingerprint density at radius 3 is 2.57 bits per heavy atom. The van der Waals surface area contributed by atoms with E-state index < -0.39 is 5.97 Å². The number of fused-ring (bicyclic) bond motifs is 5. The molecular weight excluding hydrogens is 653 g/mol. The highest BCUT2D eigenvalue weighted by atomic mass is 33.1. The van der Waals surface area contributed by atoms with Gasteiger partial charge in [-0.05, 0) is 89.9 Å². The van der Waals surface area contributed by atoms with E-state index in [1.807, 2.05) is 49.6 Å². The van der Waals surface area contributed by atoms with Crippen LogP contribution in [0.1, 0.15) is 89.7 Å². The van der Waals surface area contributed by atoms with Crippen molar-refractivity contribution >= 4 is 45.0 Å². The molecule has 262 valence electrons. The second kappa shape index (κ2) is 15.5. The predicted molar refractivity (Wildman–Crippen MR) is 197 cm³/mol. The summed E-state index contributed by atoms with van der Waals surface area (Å²) in [5, 5.41) is 9.31. The number of aromatic nitrogens is 1. The molecule has 0 saturated heterocycles. The maximum absolute atomic E-state index is 12.9. The van der Waals surface area contributed by atoms with Crippen molar-refractivity contribution < 1.29 is 24.2 Å². The molecule has 9 heteroatoms. The van der Waals surface area contributed by atoms with Gasteiger partial charge < -0.3 is 14.7 Å². The summed E-state index contributed by atoms with van der Waals surface area (Å²) in [6.45, 7) is 6.90. The second-order valence-electron chi connectivity index (χ2n) is 15.0. The Bertz CT molecular complexity index is 1560. The Kier molecular flexibility index (Phi) is 11.3. The summed E-state index contributed by atoms with van der Waals surface area (Å²) in [4.78, 5) is 43.0. The number of rotatable bonds is 13. The summed E-state index contributed by atoms with van der Waals surface area (Å²) in [6.07, 6.45) is 17.0. The summed E-state index contributed by atoms with van der Waals surface area (Å²) in [5.41, 5.74) is 5.59. The lowest BCUT2D eigenvalue weighted by molar-refractivity contribution is -0.150. The number of aliphatic carboxylic acids is 1. The number of hydrogen-bond donors (Lipinski definition) is 1. The van der Waals surface area contributed by atoms with Gasteiger partial charge in [0.2, 0.25) is 5.91 Å². The molecule has 49 heavy (non-hydrogen) atoms. The number of carbonyl (C=O) groups excluding carboxylic acids is 2. The Morgan fingerprint density at radius 1 is 1.02 bits per heavy atom. The minimum Gasteiger partial charge on any atom is -0.480 e.